The number of nitrogens with zero attached hydrogens (tertiary/aromatic N) is 2. The van der Waals surface area contributed by atoms with Crippen LogP contribution in [-0.4, -0.2) is 54.2 Å². The van der Waals surface area contributed by atoms with Gasteiger partial charge >= 0.3 is 0 Å². The van der Waals surface area contributed by atoms with Crippen LogP contribution in [0.5, 0.6) is 0 Å². The van der Waals surface area contributed by atoms with E-state index in [0.29, 0.717) is 6.04 Å². The molecule has 4 heteroatoms. The molecule has 1 aromatic rings. The standard InChI is InChI=1S/C14H21BrN2O/c1-16(7-8-18)14-5-6-17(11-14)10-12-3-2-4-13(15)9-12/h2-4,9,14,18H,5-8,10-11H2,1H3. The van der Waals surface area contributed by atoms with Crippen molar-refractivity contribution < 1.29 is 5.11 Å². The van der Waals surface area contributed by atoms with Crippen LogP contribution in [0.3, 0.4) is 0 Å². The predicted octanol–water partition coefficient (Wildman–Crippen LogP) is 1.95. The van der Waals surface area contributed by atoms with Crippen LogP contribution in [0.2, 0.25) is 0 Å². The maximum Gasteiger partial charge on any atom is 0.0558 e. The van der Waals surface area contributed by atoms with Crippen LogP contribution >= 0.6 is 15.9 Å². The van der Waals surface area contributed by atoms with Crippen LogP contribution in [0.1, 0.15) is 12.0 Å². The van der Waals surface area contributed by atoms with Gasteiger partial charge < -0.3 is 5.11 Å². The summed E-state index contributed by atoms with van der Waals surface area (Å²) in [7, 11) is 2.10. The molecular formula is C14H21BrN2O. The van der Waals surface area contributed by atoms with E-state index >= 15 is 0 Å². The first kappa shape index (κ1) is 14.0. The van der Waals surface area contributed by atoms with Crippen molar-refractivity contribution in [1.29, 1.82) is 0 Å². The van der Waals surface area contributed by atoms with Gasteiger partial charge in [0.15, 0.2) is 0 Å². The summed E-state index contributed by atoms with van der Waals surface area (Å²) in [5, 5.41) is 8.97. The highest BCUT2D eigenvalue weighted by Gasteiger charge is 2.25. The number of rotatable bonds is 5. The average Bonchev–Trinajstić information content (AvgIpc) is 2.78. The maximum atomic E-state index is 8.97. The van der Waals surface area contributed by atoms with Crippen molar-refractivity contribution in [1.82, 2.24) is 9.80 Å². The Balaban J connectivity index is 1.86. The normalized spacial score (nSPS) is 20.8. The van der Waals surface area contributed by atoms with E-state index in [0.717, 1.165) is 30.7 Å². The molecule has 1 aliphatic heterocycles. The predicted molar refractivity (Wildman–Crippen MR) is 77.5 cm³/mol. The van der Waals surface area contributed by atoms with Gasteiger partial charge in [-0.1, -0.05) is 28.1 Å². The molecule has 0 amide bonds. The van der Waals surface area contributed by atoms with Crippen molar-refractivity contribution in [3.8, 4) is 0 Å². The smallest absolute Gasteiger partial charge is 0.0558 e. The third-order valence-corrected chi connectivity index (χ3v) is 4.11. The molecule has 0 saturated carbocycles. The molecule has 0 aliphatic carbocycles. The zero-order valence-electron chi connectivity index (χ0n) is 10.8. The number of hydrogen-bond acceptors (Lipinski definition) is 3. The Morgan fingerprint density at radius 3 is 3.06 bits per heavy atom. The molecule has 1 aromatic carbocycles. The topological polar surface area (TPSA) is 26.7 Å². The summed E-state index contributed by atoms with van der Waals surface area (Å²) in [5.41, 5.74) is 1.36. The molecule has 1 atom stereocenters. The molecule has 1 fully saturated rings. The van der Waals surface area contributed by atoms with Crippen molar-refractivity contribution >= 4 is 15.9 Å². The first-order valence-corrected chi connectivity index (χ1v) is 7.26. The summed E-state index contributed by atoms with van der Waals surface area (Å²) >= 11 is 3.51. The van der Waals surface area contributed by atoms with Gasteiger partial charge in [-0.2, -0.15) is 0 Å². The van der Waals surface area contributed by atoms with Crippen LogP contribution in [0.4, 0.5) is 0 Å². The lowest BCUT2D eigenvalue weighted by Gasteiger charge is -2.23. The summed E-state index contributed by atoms with van der Waals surface area (Å²) in [6.07, 6.45) is 1.20. The van der Waals surface area contributed by atoms with Crippen molar-refractivity contribution in [3.63, 3.8) is 0 Å². The number of aliphatic hydroxyl groups excluding tert-OH is 1. The number of likely N-dealkylation sites (tertiary alicyclic amines) is 1. The molecule has 1 N–H and O–H groups in total. The van der Waals surface area contributed by atoms with Gasteiger partial charge in [-0.3, -0.25) is 9.80 Å². The maximum absolute atomic E-state index is 8.97. The van der Waals surface area contributed by atoms with Gasteiger partial charge in [-0.25, -0.2) is 0 Å². The molecule has 1 saturated heterocycles. The zero-order chi connectivity index (χ0) is 13.0. The van der Waals surface area contributed by atoms with E-state index in [1.807, 2.05) is 0 Å². The molecule has 0 bridgehead atoms. The highest BCUT2D eigenvalue weighted by Crippen LogP contribution is 2.19. The molecule has 0 aromatic heterocycles. The van der Waals surface area contributed by atoms with Crippen molar-refractivity contribution in [3.05, 3.63) is 34.3 Å². The lowest BCUT2D eigenvalue weighted by atomic mass is 10.2. The van der Waals surface area contributed by atoms with Crippen LogP contribution in [0, 0.1) is 0 Å². The first-order chi connectivity index (χ1) is 8.69. The molecule has 0 spiro atoms. The van der Waals surface area contributed by atoms with E-state index in [-0.39, 0.29) is 6.61 Å². The highest BCUT2D eigenvalue weighted by atomic mass is 79.9. The summed E-state index contributed by atoms with van der Waals surface area (Å²) in [6.45, 7) is 4.28. The quantitative estimate of drug-likeness (QED) is 0.900. The molecular weight excluding hydrogens is 292 g/mol. The Labute approximate surface area is 118 Å². The van der Waals surface area contributed by atoms with E-state index in [2.05, 4.69) is 57.0 Å². The third kappa shape index (κ3) is 3.79. The molecule has 1 unspecified atom stereocenters. The molecule has 0 radical (unpaired) electrons. The van der Waals surface area contributed by atoms with Gasteiger partial charge in [0.1, 0.15) is 0 Å². The summed E-state index contributed by atoms with van der Waals surface area (Å²) in [5.74, 6) is 0. The van der Waals surface area contributed by atoms with Crippen LogP contribution in [0.15, 0.2) is 28.7 Å². The number of aliphatic hydroxyl groups is 1. The summed E-state index contributed by atoms with van der Waals surface area (Å²) in [4.78, 5) is 4.75. The monoisotopic (exact) mass is 312 g/mol. The second kappa shape index (κ2) is 6.66. The van der Waals surface area contributed by atoms with E-state index in [1.54, 1.807) is 0 Å². The molecule has 1 aliphatic rings. The SMILES string of the molecule is CN(CCO)C1CCN(Cc2cccc(Br)c2)C1. The number of halogens is 1. The van der Waals surface area contributed by atoms with Gasteiger partial charge in [-0.15, -0.1) is 0 Å². The van der Waals surface area contributed by atoms with Crippen molar-refractivity contribution in [2.75, 3.05) is 33.3 Å². The van der Waals surface area contributed by atoms with Crippen LogP contribution in [-0.2, 0) is 6.54 Å². The Morgan fingerprint density at radius 1 is 1.50 bits per heavy atom. The summed E-state index contributed by atoms with van der Waals surface area (Å²) in [6, 6.07) is 9.10. The molecule has 3 nitrogen and oxygen atoms in total. The number of likely N-dealkylation sites (N-methyl/N-ethyl adjacent to an activating group) is 1. The summed E-state index contributed by atoms with van der Waals surface area (Å²) < 4.78 is 1.15. The van der Waals surface area contributed by atoms with Gasteiger partial charge in [0.2, 0.25) is 0 Å². The minimum Gasteiger partial charge on any atom is -0.395 e. The lowest BCUT2D eigenvalue weighted by Crippen LogP contribution is -2.36. The molecule has 1 heterocycles. The first-order valence-electron chi connectivity index (χ1n) is 6.47. The largest absolute Gasteiger partial charge is 0.395 e. The van der Waals surface area contributed by atoms with Crippen LogP contribution < -0.4 is 0 Å². The fraction of sp³-hybridized carbons (Fsp3) is 0.571. The van der Waals surface area contributed by atoms with E-state index in [1.165, 1.54) is 12.0 Å². The number of hydrogen-bond donors (Lipinski definition) is 1. The third-order valence-electron chi connectivity index (χ3n) is 3.62. The van der Waals surface area contributed by atoms with Crippen molar-refractivity contribution in [2.45, 2.75) is 19.0 Å². The van der Waals surface area contributed by atoms with E-state index < -0.39 is 0 Å². The second-order valence-electron chi connectivity index (χ2n) is 5.01. The average molecular weight is 313 g/mol. The minimum absolute atomic E-state index is 0.249. The van der Waals surface area contributed by atoms with Crippen molar-refractivity contribution in [2.24, 2.45) is 0 Å². The van der Waals surface area contributed by atoms with E-state index in [9.17, 15) is 0 Å². The number of benzene rings is 1. The zero-order valence-corrected chi connectivity index (χ0v) is 12.4. The fourth-order valence-electron chi connectivity index (χ4n) is 2.55. The van der Waals surface area contributed by atoms with E-state index in [4.69, 9.17) is 5.11 Å². The Hall–Kier alpha value is -0.420. The Kier molecular flexibility index (Phi) is 5.18. The molecule has 100 valence electrons. The highest BCUT2D eigenvalue weighted by molar-refractivity contribution is 9.10. The van der Waals surface area contributed by atoms with Gasteiger partial charge in [0.25, 0.3) is 0 Å². The Morgan fingerprint density at radius 2 is 2.33 bits per heavy atom. The fourth-order valence-corrected chi connectivity index (χ4v) is 3.00. The van der Waals surface area contributed by atoms with Gasteiger partial charge in [0, 0.05) is 36.7 Å². The second-order valence-corrected chi connectivity index (χ2v) is 5.93. The minimum atomic E-state index is 0.249. The van der Waals surface area contributed by atoms with Crippen LogP contribution in [0.25, 0.3) is 0 Å². The lowest BCUT2D eigenvalue weighted by molar-refractivity contribution is 0.177. The van der Waals surface area contributed by atoms with Gasteiger partial charge in [0.05, 0.1) is 6.61 Å². The molecule has 2 rings (SSSR count). The van der Waals surface area contributed by atoms with Gasteiger partial charge in [-0.05, 0) is 31.2 Å². The molecule has 18 heavy (non-hydrogen) atoms. The Bertz CT molecular complexity index is 386.